The van der Waals surface area contributed by atoms with Crippen molar-refractivity contribution in [1.29, 1.82) is 0 Å². The smallest absolute Gasteiger partial charge is 0.488 e. The number of hydrogen-bond acceptors (Lipinski definition) is 5. The van der Waals surface area contributed by atoms with Gasteiger partial charge in [0, 0.05) is 4.90 Å². The molecule has 3 aromatic rings. The van der Waals surface area contributed by atoms with Gasteiger partial charge in [0.15, 0.2) is 0 Å². The zero-order valence-corrected chi connectivity index (χ0v) is 16.0. The molecule has 0 saturated carbocycles. The van der Waals surface area contributed by atoms with Crippen LogP contribution in [0.25, 0.3) is 0 Å². The summed E-state index contributed by atoms with van der Waals surface area (Å²) in [6.45, 7) is 0. The van der Waals surface area contributed by atoms with Crippen LogP contribution in [0.4, 0.5) is 0 Å². The molecular weight excluding hydrogens is 359 g/mol. The molecule has 0 heterocycles. The summed E-state index contributed by atoms with van der Waals surface area (Å²) in [7, 11) is 1.85. The predicted molar refractivity (Wildman–Crippen MR) is 110 cm³/mol. The maximum atomic E-state index is 9.28. The van der Waals surface area contributed by atoms with Crippen LogP contribution in [-0.4, -0.2) is 31.4 Å². The first kappa shape index (κ1) is 19.4. The monoisotopic (exact) mass is 380 g/mol. The molecule has 6 heteroatoms. The van der Waals surface area contributed by atoms with E-state index in [1.54, 1.807) is 38.1 Å². The summed E-state index contributed by atoms with van der Waals surface area (Å²) in [6, 6.07) is 23.3. The lowest BCUT2D eigenvalue weighted by atomic mass is 9.81. The van der Waals surface area contributed by atoms with Crippen molar-refractivity contribution in [3.8, 4) is 11.5 Å². The van der Waals surface area contributed by atoms with Gasteiger partial charge in [0.05, 0.1) is 19.5 Å². The molecule has 3 rings (SSSR count). The Morgan fingerprint density at radius 1 is 0.704 bits per heavy atom. The van der Waals surface area contributed by atoms with E-state index in [9.17, 15) is 10.0 Å². The first-order valence-electron chi connectivity index (χ1n) is 8.51. The van der Waals surface area contributed by atoms with Crippen molar-refractivity contribution in [1.82, 2.24) is 0 Å². The fourth-order valence-electron chi connectivity index (χ4n) is 2.74. The van der Waals surface area contributed by atoms with Crippen LogP contribution in [-0.2, 0) is 0 Å². The second-order valence-electron chi connectivity index (χ2n) is 5.99. The SMILES string of the molecule is COc1ccc(C(Sc2ccc(B(O)O)cc2)c2ccc(OC)cc2)cc1. The van der Waals surface area contributed by atoms with E-state index < -0.39 is 7.12 Å². The number of benzene rings is 3. The molecule has 0 unspecified atom stereocenters. The van der Waals surface area contributed by atoms with Crippen LogP contribution < -0.4 is 14.9 Å². The number of methoxy groups -OCH3 is 2. The Labute approximate surface area is 163 Å². The summed E-state index contributed by atoms with van der Waals surface area (Å²) >= 11 is 1.70. The van der Waals surface area contributed by atoms with Crippen LogP contribution in [0.5, 0.6) is 11.5 Å². The Bertz CT molecular complexity index is 801. The van der Waals surface area contributed by atoms with Crippen LogP contribution in [0, 0.1) is 0 Å². The minimum atomic E-state index is -1.46. The van der Waals surface area contributed by atoms with E-state index in [2.05, 4.69) is 24.3 Å². The fourth-order valence-corrected chi connectivity index (χ4v) is 3.89. The van der Waals surface area contributed by atoms with Crippen LogP contribution in [0.3, 0.4) is 0 Å². The van der Waals surface area contributed by atoms with Crippen molar-refractivity contribution in [2.45, 2.75) is 10.1 Å². The van der Waals surface area contributed by atoms with Crippen molar-refractivity contribution < 1.29 is 19.5 Å². The highest BCUT2D eigenvalue weighted by Gasteiger charge is 2.17. The highest BCUT2D eigenvalue weighted by Crippen LogP contribution is 2.41. The fraction of sp³-hybridized carbons (Fsp3) is 0.143. The van der Waals surface area contributed by atoms with Crippen molar-refractivity contribution in [3.05, 3.63) is 83.9 Å². The quantitative estimate of drug-likeness (QED) is 0.487. The lowest BCUT2D eigenvalue weighted by Gasteiger charge is -2.19. The molecule has 27 heavy (non-hydrogen) atoms. The Morgan fingerprint density at radius 3 is 1.52 bits per heavy atom. The Kier molecular flexibility index (Phi) is 6.45. The van der Waals surface area contributed by atoms with Gasteiger partial charge in [-0.25, -0.2) is 0 Å². The van der Waals surface area contributed by atoms with E-state index >= 15 is 0 Å². The molecule has 2 N–H and O–H groups in total. The molecule has 0 radical (unpaired) electrons. The normalized spacial score (nSPS) is 10.7. The van der Waals surface area contributed by atoms with Crippen molar-refractivity contribution in [2.24, 2.45) is 0 Å². The Balaban J connectivity index is 1.92. The average Bonchev–Trinajstić information content (AvgIpc) is 2.72. The van der Waals surface area contributed by atoms with Crippen molar-refractivity contribution in [3.63, 3.8) is 0 Å². The molecule has 0 aliphatic rings. The molecule has 0 atom stereocenters. The van der Waals surface area contributed by atoms with Crippen LogP contribution in [0.15, 0.2) is 77.7 Å². The lowest BCUT2D eigenvalue weighted by molar-refractivity contribution is 0.414. The van der Waals surface area contributed by atoms with E-state index in [-0.39, 0.29) is 5.25 Å². The molecule has 0 aliphatic heterocycles. The van der Waals surface area contributed by atoms with Gasteiger partial charge in [-0.2, -0.15) is 0 Å². The number of thioether (sulfide) groups is 1. The van der Waals surface area contributed by atoms with E-state index in [1.807, 2.05) is 36.4 Å². The van der Waals surface area contributed by atoms with Crippen LogP contribution in [0.1, 0.15) is 16.4 Å². The third-order valence-corrected chi connectivity index (χ3v) is 5.59. The molecule has 3 aromatic carbocycles. The molecular formula is C21H21BO4S. The molecule has 0 amide bonds. The van der Waals surface area contributed by atoms with Crippen molar-refractivity contribution in [2.75, 3.05) is 14.2 Å². The maximum Gasteiger partial charge on any atom is 0.488 e. The van der Waals surface area contributed by atoms with Gasteiger partial charge in [-0.05, 0) is 53.0 Å². The average molecular weight is 380 g/mol. The molecule has 0 aromatic heterocycles. The first-order valence-corrected chi connectivity index (χ1v) is 9.39. The van der Waals surface area contributed by atoms with Gasteiger partial charge >= 0.3 is 7.12 Å². The van der Waals surface area contributed by atoms with Gasteiger partial charge in [0.25, 0.3) is 0 Å². The predicted octanol–water partition coefficient (Wildman–Crippen LogP) is 3.27. The number of ether oxygens (including phenoxy) is 2. The second-order valence-corrected chi connectivity index (χ2v) is 7.17. The Morgan fingerprint density at radius 2 is 1.15 bits per heavy atom. The van der Waals surface area contributed by atoms with E-state index in [0.717, 1.165) is 27.5 Å². The van der Waals surface area contributed by atoms with Crippen molar-refractivity contribution >= 4 is 24.3 Å². The summed E-state index contributed by atoms with van der Waals surface area (Å²) in [6.07, 6.45) is 0. The molecule has 0 fully saturated rings. The molecule has 0 bridgehead atoms. The van der Waals surface area contributed by atoms with Crippen LogP contribution in [0.2, 0.25) is 0 Å². The summed E-state index contributed by atoms with van der Waals surface area (Å²) in [5.74, 6) is 1.64. The molecule has 4 nitrogen and oxygen atoms in total. The van der Waals surface area contributed by atoms with E-state index in [4.69, 9.17) is 9.47 Å². The van der Waals surface area contributed by atoms with Gasteiger partial charge in [0.1, 0.15) is 11.5 Å². The third-order valence-electron chi connectivity index (χ3n) is 4.27. The summed E-state index contributed by atoms with van der Waals surface area (Å²) < 4.78 is 10.5. The minimum Gasteiger partial charge on any atom is -0.497 e. The largest absolute Gasteiger partial charge is 0.497 e. The lowest BCUT2D eigenvalue weighted by Crippen LogP contribution is -2.29. The van der Waals surface area contributed by atoms with E-state index in [0.29, 0.717) is 5.46 Å². The van der Waals surface area contributed by atoms with Gasteiger partial charge in [-0.3, -0.25) is 0 Å². The van der Waals surface area contributed by atoms with E-state index in [1.165, 1.54) is 0 Å². The number of rotatable bonds is 7. The summed E-state index contributed by atoms with van der Waals surface area (Å²) in [5, 5.41) is 18.6. The first-order chi connectivity index (χ1) is 13.1. The summed E-state index contributed by atoms with van der Waals surface area (Å²) in [4.78, 5) is 1.04. The second kappa shape index (κ2) is 8.99. The Hall–Kier alpha value is -2.41. The topological polar surface area (TPSA) is 58.9 Å². The van der Waals surface area contributed by atoms with Gasteiger partial charge < -0.3 is 19.5 Å². The third kappa shape index (κ3) is 4.86. The van der Waals surface area contributed by atoms with Gasteiger partial charge in [0.2, 0.25) is 0 Å². The van der Waals surface area contributed by atoms with Crippen LogP contribution >= 0.6 is 11.8 Å². The number of hydrogen-bond donors (Lipinski definition) is 2. The highest BCUT2D eigenvalue weighted by atomic mass is 32.2. The molecule has 0 aliphatic carbocycles. The molecule has 0 spiro atoms. The van der Waals surface area contributed by atoms with Gasteiger partial charge in [-0.15, -0.1) is 11.8 Å². The zero-order valence-electron chi connectivity index (χ0n) is 15.2. The minimum absolute atomic E-state index is 0.0757. The van der Waals surface area contributed by atoms with Gasteiger partial charge in [-0.1, -0.05) is 36.4 Å². The molecule has 138 valence electrons. The standard InChI is InChI=1S/C21H21BO4S/c1-25-18-9-3-15(4-10-18)21(16-5-11-19(26-2)12-6-16)27-20-13-7-17(8-14-20)22(23)24/h3-14,21,23-24H,1-2H3. The highest BCUT2D eigenvalue weighted by molar-refractivity contribution is 7.99. The summed E-state index contributed by atoms with van der Waals surface area (Å²) in [5.41, 5.74) is 2.78. The zero-order chi connectivity index (χ0) is 19.2. The maximum absolute atomic E-state index is 9.28. The molecule has 0 saturated heterocycles.